The molecule has 0 unspecified atom stereocenters. The normalized spacial score (nSPS) is 12.7. The van der Waals surface area contributed by atoms with Gasteiger partial charge in [0.2, 0.25) is 11.8 Å². The first-order chi connectivity index (χ1) is 12.4. The van der Waals surface area contributed by atoms with Crippen LogP contribution in [0.3, 0.4) is 0 Å². The highest BCUT2D eigenvalue weighted by molar-refractivity contribution is 5.86. The van der Waals surface area contributed by atoms with Crippen molar-refractivity contribution in [3.63, 3.8) is 0 Å². The molecule has 0 aliphatic heterocycles. The van der Waals surface area contributed by atoms with Gasteiger partial charge in [-0.1, -0.05) is 50.1 Å². The number of nitrogens with two attached hydrogens (primary N) is 1. The Morgan fingerprint density at radius 2 is 1.92 bits per heavy atom. The molecule has 0 aliphatic carbocycles. The van der Waals surface area contributed by atoms with Crippen molar-refractivity contribution < 1.29 is 24.2 Å². The summed E-state index contributed by atoms with van der Waals surface area (Å²) in [6, 6.07) is 8.41. The third-order valence-corrected chi connectivity index (χ3v) is 3.64. The third-order valence-electron chi connectivity index (χ3n) is 3.64. The average molecular weight is 365 g/mol. The number of carbonyl (C=O) groups excluding carboxylic acids is 3. The molecule has 2 atom stereocenters. The van der Waals surface area contributed by atoms with Crippen LogP contribution >= 0.6 is 0 Å². The third kappa shape index (κ3) is 9.03. The highest BCUT2D eigenvalue weighted by Crippen LogP contribution is 2.02. The molecule has 0 bridgehead atoms. The Bertz CT molecular complexity index is 579. The maximum Gasteiger partial charge on any atom is 0.407 e. The lowest BCUT2D eigenvalue weighted by atomic mass is 10.1. The van der Waals surface area contributed by atoms with Crippen molar-refractivity contribution in [1.82, 2.24) is 10.6 Å². The summed E-state index contributed by atoms with van der Waals surface area (Å²) >= 11 is 0. The molecule has 0 fully saturated rings. The second-order valence-electron chi connectivity index (χ2n) is 5.97. The summed E-state index contributed by atoms with van der Waals surface area (Å²) in [7, 11) is 0. The summed E-state index contributed by atoms with van der Waals surface area (Å²) in [6.45, 7) is 1.93. The van der Waals surface area contributed by atoms with Crippen LogP contribution in [0.5, 0.6) is 0 Å². The van der Waals surface area contributed by atoms with Crippen molar-refractivity contribution in [2.45, 2.75) is 51.4 Å². The number of ether oxygens (including phenoxy) is 1. The van der Waals surface area contributed by atoms with E-state index in [-0.39, 0.29) is 19.6 Å². The van der Waals surface area contributed by atoms with Crippen LogP contribution in [0.1, 0.15) is 38.2 Å². The fourth-order valence-corrected chi connectivity index (χ4v) is 2.21. The number of nitrogens with one attached hydrogen (secondary N) is 2. The van der Waals surface area contributed by atoms with Gasteiger partial charge in [0.15, 0.2) is 0 Å². The van der Waals surface area contributed by atoms with Crippen LogP contribution in [0.15, 0.2) is 30.3 Å². The molecule has 26 heavy (non-hydrogen) atoms. The number of hydrogen-bond donors (Lipinski definition) is 4. The van der Waals surface area contributed by atoms with E-state index in [0.717, 1.165) is 18.4 Å². The van der Waals surface area contributed by atoms with Gasteiger partial charge >= 0.3 is 6.09 Å². The van der Waals surface area contributed by atoms with Crippen molar-refractivity contribution in [3.8, 4) is 0 Å². The van der Waals surface area contributed by atoms with E-state index in [1.165, 1.54) is 0 Å². The van der Waals surface area contributed by atoms with Crippen LogP contribution in [0.25, 0.3) is 0 Å². The first-order valence-corrected chi connectivity index (χ1v) is 8.63. The molecule has 0 saturated carbocycles. The smallest absolute Gasteiger partial charge is 0.407 e. The maximum atomic E-state index is 11.9. The van der Waals surface area contributed by atoms with E-state index in [0.29, 0.717) is 6.42 Å². The van der Waals surface area contributed by atoms with Crippen molar-refractivity contribution in [1.29, 1.82) is 0 Å². The molecular weight excluding hydrogens is 338 g/mol. The summed E-state index contributed by atoms with van der Waals surface area (Å²) in [6.07, 6.45) is 0.0417. The second-order valence-corrected chi connectivity index (χ2v) is 5.97. The number of aliphatic hydroxyl groups excluding tert-OH is 1. The Kier molecular flexibility index (Phi) is 9.78. The van der Waals surface area contributed by atoms with Crippen LogP contribution in [-0.2, 0) is 20.9 Å². The number of unbranched alkanes of at least 4 members (excludes halogenated alkanes) is 1. The molecule has 0 saturated heterocycles. The minimum atomic E-state index is -1.10. The van der Waals surface area contributed by atoms with Crippen molar-refractivity contribution in [2.75, 3.05) is 6.54 Å². The Balaban J connectivity index is 2.27. The number of aliphatic hydroxyl groups is 1. The minimum Gasteiger partial charge on any atom is -0.445 e. The van der Waals surface area contributed by atoms with E-state index in [1.54, 1.807) is 0 Å². The molecule has 144 valence electrons. The zero-order chi connectivity index (χ0) is 19.4. The summed E-state index contributed by atoms with van der Waals surface area (Å²) in [5.74, 6) is -1.11. The van der Waals surface area contributed by atoms with Gasteiger partial charge in [0.25, 0.3) is 0 Å². The number of carbonyl (C=O) groups is 3. The van der Waals surface area contributed by atoms with Crippen LogP contribution < -0.4 is 16.4 Å². The van der Waals surface area contributed by atoms with Gasteiger partial charge < -0.3 is 26.2 Å². The molecule has 0 spiro atoms. The van der Waals surface area contributed by atoms with Crippen LogP contribution in [0.4, 0.5) is 4.79 Å². The number of rotatable bonds is 11. The number of alkyl carbamates (subject to hydrolysis) is 1. The molecule has 0 aliphatic rings. The van der Waals surface area contributed by atoms with Gasteiger partial charge in [-0.2, -0.15) is 0 Å². The van der Waals surface area contributed by atoms with Gasteiger partial charge in [0.1, 0.15) is 12.6 Å². The SMILES string of the molecule is CCCC[C@H](NC(=O)C[C@H](O)CNC(=O)OCc1ccccc1)C(N)=O. The highest BCUT2D eigenvalue weighted by atomic mass is 16.5. The van der Waals surface area contributed by atoms with Crippen LogP contribution in [-0.4, -0.2) is 41.7 Å². The number of hydrogen-bond acceptors (Lipinski definition) is 5. The summed E-state index contributed by atoms with van der Waals surface area (Å²) in [5, 5.41) is 14.7. The molecule has 0 heterocycles. The Morgan fingerprint density at radius 1 is 1.23 bits per heavy atom. The predicted octanol–water partition coefficient (Wildman–Crippen LogP) is 0.824. The van der Waals surface area contributed by atoms with Gasteiger partial charge in [-0.3, -0.25) is 9.59 Å². The molecule has 3 amide bonds. The van der Waals surface area contributed by atoms with E-state index < -0.39 is 30.1 Å². The molecule has 0 radical (unpaired) electrons. The van der Waals surface area contributed by atoms with Gasteiger partial charge in [0.05, 0.1) is 12.5 Å². The van der Waals surface area contributed by atoms with Crippen molar-refractivity contribution in [2.24, 2.45) is 5.73 Å². The Hall–Kier alpha value is -2.61. The van der Waals surface area contributed by atoms with Crippen LogP contribution in [0.2, 0.25) is 0 Å². The Labute approximate surface area is 153 Å². The molecule has 8 heteroatoms. The van der Waals surface area contributed by atoms with Gasteiger partial charge in [-0.15, -0.1) is 0 Å². The summed E-state index contributed by atoms with van der Waals surface area (Å²) in [5.41, 5.74) is 6.09. The summed E-state index contributed by atoms with van der Waals surface area (Å²) in [4.78, 5) is 34.8. The van der Waals surface area contributed by atoms with Crippen LogP contribution in [0, 0.1) is 0 Å². The highest BCUT2D eigenvalue weighted by Gasteiger charge is 2.19. The zero-order valence-electron chi connectivity index (χ0n) is 14.9. The van der Waals surface area contributed by atoms with Gasteiger partial charge in [0, 0.05) is 6.54 Å². The lowest BCUT2D eigenvalue weighted by molar-refractivity contribution is -0.128. The quantitative estimate of drug-likeness (QED) is 0.461. The van der Waals surface area contributed by atoms with E-state index in [2.05, 4.69) is 10.6 Å². The first kappa shape index (κ1) is 21.4. The topological polar surface area (TPSA) is 131 Å². The largest absolute Gasteiger partial charge is 0.445 e. The minimum absolute atomic E-state index is 0.112. The molecule has 0 aromatic heterocycles. The molecule has 1 aromatic rings. The average Bonchev–Trinajstić information content (AvgIpc) is 2.62. The van der Waals surface area contributed by atoms with E-state index in [9.17, 15) is 19.5 Å². The summed E-state index contributed by atoms with van der Waals surface area (Å²) < 4.78 is 5.00. The fraction of sp³-hybridized carbons (Fsp3) is 0.500. The van der Waals surface area contributed by atoms with E-state index in [1.807, 2.05) is 37.3 Å². The van der Waals surface area contributed by atoms with E-state index in [4.69, 9.17) is 10.5 Å². The zero-order valence-corrected chi connectivity index (χ0v) is 14.9. The number of amides is 3. The first-order valence-electron chi connectivity index (χ1n) is 8.63. The van der Waals surface area contributed by atoms with Crippen molar-refractivity contribution >= 4 is 17.9 Å². The lowest BCUT2D eigenvalue weighted by Gasteiger charge is -2.17. The molecule has 1 aromatic carbocycles. The van der Waals surface area contributed by atoms with E-state index >= 15 is 0 Å². The monoisotopic (exact) mass is 365 g/mol. The molecule has 1 rings (SSSR count). The second kappa shape index (κ2) is 11.9. The molecule has 8 nitrogen and oxygen atoms in total. The Morgan fingerprint density at radius 3 is 2.54 bits per heavy atom. The fourth-order valence-electron chi connectivity index (χ4n) is 2.21. The number of primary amides is 1. The van der Waals surface area contributed by atoms with Gasteiger partial charge in [-0.25, -0.2) is 4.79 Å². The molecule has 5 N–H and O–H groups in total. The predicted molar refractivity (Wildman–Crippen MR) is 95.9 cm³/mol. The lowest BCUT2D eigenvalue weighted by Crippen LogP contribution is -2.46. The maximum absolute atomic E-state index is 11.9. The number of benzene rings is 1. The standard InChI is InChI=1S/C18H27N3O5/c1-2-3-9-15(17(19)24)21-16(23)10-14(22)11-20-18(25)26-12-13-7-5-4-6-8-13/h4-8,14-15,22H,2-3,9-12H2,1H3,(H2,19,24)(H,20,25)(H,21,23)/t14-,15-/m0/s1. The van der Waals surface area contributed by atoms with Crippen molar-refractivity contribution in [3.05, 3.63) is 35.9 Å². The molecular formula is C18H27N3O5. The van der Waals surface area contributed by atoms with Gasteiger partial charge in [-0.05, 0) is 12.0 Å².